The second-order valence-electron chi connectivity index (χ2n) is 4.95. The molecule has 0 aromatic rings. The Balaban J connectivity index is 2.26. The van der Waals surface area contributed by atoms with Crippen molar-refractivity contribution in [3.8, 4) is 0 Å². The van der Waals surface area contributed by atoms with Crippen molar-refractivity contribution in [3.63, 3.8) is 0 Å². The molecular formula is C10H6Cl8. The summed E-state index contributed by atoms with van der Waals surface area (Å²) in [4.78, 5) is -2.50. The highest BCUT2D eigenvalue weighted by Crippen LogP contribution is 2.79. The van der Waals surface area contributed by atoms with Gasteiger partial charge in [-0.25, -0.2) is 0 Å². The summed E-state index contributed by atoms with van der Waals surface area (Å²) in [7, 11) is 0. The summed E-state index contributed by atoms with van der Waals surface area (Å²) in [5.74, 6) is -0.488. The predicted octanol–water partition coefficient (Wildman–Crippen LogP) is 5.68. The molecule has 0 radical (unpaired) electrons. The molecule has 0 amide bonds. The number of rotatable bonds is 0. The van der Waals surface area contributed by atoms with E-state index in [1.54, 1.807) is 0 Å². The lowest BCUT2D eigenvalue weighted by molar-refractivity contribution is 0.385. The van der Waals surface area contributed by atoms with Gasteiger partial charge in [0, 0.05) is 5.92 Å². The second kappa shape index (κ2) is 4.07. The molecule has 2 bridgehead atoms. The molecule has 102 valence electrons. The van der Waals surface area contributed by atoms with E-state index in [2.05, 4.69) is 0 Å². The molecule has 0 nitrogen and oxygen atoms in total. The zero-order valence-corrected chi connectivity index (χ0v) is 14.6. The van der Waals surface area contributed by atoms with E-state index in [4.69, 9.17) is 92.8 Å². The predicted molar refractivity (Wildman–Crippen MR) is 81.2 cm³/mol. The standard InChI is InChI=1S/C10H6Cl8/c11-3-1-2-4(5(3)12)9(16)7(14)6(13)8(2,15)10(9,17)18/h2-5H,1H2/t2?,3-,4?,5?,8?,9?/m1/s1. The Morgan fingerprint density at radius 2 is 1.39 bits per heavy atom. The van der Waals surface area contributed by atoms with Crippen LogP contribution >= 0.6 is 92.8 Å². The van der Waals surface area contributed by atoms with Gasteiger partial charge in [-0.3, -0.25) is 0 Å². The number of fused-ring (bicyclic) bond motifs is 5. The molecule has 0 saturated heterocycles. The van der Waals surface area contributed by atoms with E-state index >= 15 is 0 Å². The lowest BCUT2D eigenvalue weighted by atomic mass is 9.84. The molecule has 2 saturated carbocycles. The summed E-state index contributed by atoms with van der Waals surface area (Å²) in [5.41, 5.74) is 0. The van der Waals surface area contributed by atoms with Crippen LogP contribution in [0.1, 0.15) is 6.42 Å². The first-order chi connectivity index (χ1) is 8.11. The van der Waals surface area contributed by atoms with Gasteiger partial charge in [-0.15, -0.1) is 46.4 Å². The minimum absolute atomic E-state index is 0.184. The molecule has 5 unspecified atom stereocenters. The molecule has 6 atom stereocenters. The van der Waals surface area contributed by atoms with E-state index in [0.29, 0.717) is 6.42 Å². The van der Waals surface area contributed by atoms with Crippen LogP contribution < -0.4 is 0 Å². The highest BCUT2D eigenvalue weighted by molar-refractivity contribution is 6.66. The van der Waals surface area contributed by atoms with Gasteiger partial charge in [0.05, 0.1) is 20.8 Å². The molecule has 0 N–H and O–H groups in total. The Morgan fingerprint density at radius 1 is 0.889 bits per heavy atom. The second-order valence-corrected chi connectivity index (χ2v) is 9.29. The molecule has 0 aromatic heterocycles. The maximum atomic E-state index is 6.62. The minimum atomic E-state index is -1.50. The van der Waals surface area contributed by atoms with Gasteiger partial charge in [0.15, 0.2) is 4.33 Å². The zero-order chi connectivity index (χ0) is 13.7. The molecule has 0 aromatic carbocycles. The van der Waals surface area contributed by atoms with Crippen LogP contribution in [0.2, 0.25) is 0 Å². The maximum Gasteiger partial charge on any atom is 0.166 e. The molecular weight excluding hydrogens is 404 g/mol. The lowest BCUT2D eigenvalue weighted by Gasteiger charge is -2.35. The molecule has 0 heterocycles. The average molecular weight is 410 g/mol. The van der Waals surface area contributed by atoms with Gasteiger partial charge >= 0.3 is 0 Å². The molecule has 3 rings (SSSR count). The van der Waals surface area contributed by atoms with Crippen LogP contribution in [0.4, 0.5) is 0 Å². The fraction of sp³-hybridized carbons (Fsp3) is 0.800. The minimum Gasteiger partial charge on any atom is -0.121 e. The van der Waals surface area contributed by atoms with Crippen LogP contribution in [0.3, 0.4) is 0 Å². The van der Waals surface area contributed by atoms with Gasteiger partial charge in [-0.05, 0) is 12.3 Å². The van der Waals surface area contributed by atoms with Crippen molar-refractivity contribution in [1.29, 1.82) is 0 Å². The van der Waals surface area contributed by atoms with Crippen molar-refractivity contribution in [1.82, 2.24) is 0 Å². The van der Waals surface area contributed by atoms with E-state index in [1.165, 1.54) is 0 Å². The lowest BCUT2D eigenvalue weighted by Crippen LogP contribution is -2.47. The summed E-state index contributed by atoms with van der Waals surface area (Å²) < 4.78 is -1.50. The van der Waals surface area contributed by atoms with E-state index < -0.39 is 19.5 Å². The SMILES string of the molecule is ClC1=C(Cl)C2(Cl)C3C(Cl)[C@H](Cl)CC3C1(Cl)C2(Cl)Cl. The quantitative estimate of drug-likeness (QED) is 0.451. The van der Waals surface area contributed by atoms with Crippen molar-refractivity contribution < 1.29 is 0 Å². The highest BCUT2D eigenvalue weighted by atomic mass is 35.5. The van der Waals surface area contributed by atoms with Gasteiger partial charge in [-0.2, -0.15) is 0 Å². The van der Waals surface area contributed by atoms with Gasteiger partial charge < -0.3 is 0 Å². The molecule has 2 fully saturated rings. The van der Waals surface area contributed by atoms with Crippen molar-refractivity contribution in [2.45, 2.75) is 31.3 Å². The number of alkyl halides is 6. The van der Waals surface area contributed by atoms with Crippen LogP contribution in [-0.4, -0.2) is 24.8 Å². The summed E-state index contributed by atoms with van der Waals surface area (Å²) in [5, 5.41) is -0.259. The van der Waals surface area contributed by atoms with E-state index in [1.807, 2.05) is 0 Å². The zero-order valence-electron chi connectivity index (χ0n) is 8.54. The number of allylic oxidation sites excluding steroid dienone is 2. The van der Waals surface area contributed by atoms with Crippen molar-refractivity contribution in [2.24, 2.45) is 11.8 Å². The summed E-state index contributed by atoms with van der Waals surface area (Å²) in [6.07, 6.45) is 0.555. The molecule has 3 aliphatic carbocycles. The third kappa shape index (κ3) is 1.28. The largest absolute Gasteiger partial charge is 0.166 e. The van der Waals surface area contributed by atoms with Crippen LogP contribution in [0, 0.1) is 11.8 Å². The van der Waals surface area contributed by atoms with Gasteiger partial charge in [0.2, 0.25) is 0 Å². The van der Waals surface area contributed by atoms with Crippen LogP contribution in [0.5, 0.6) is 0 Å². The van der Waals surface area contributed by atoms with E-state index in [-0.39, 0.29) is 27.3 Å². The number of halogens is 8. The fourth-order valence-electron chi connectivity index (χ4n) is 3.48. The van der Waals surface area contributed by atoms with Gasteiger partial charge in [-0.1, -0.05) is 46.4 Å². The van der Waals surface area contributed by atoms with Gasteiger partial charge in [0.25, 0.3) is 0 Å². The first-order valence-electron chi connectivity index (χ1n) is 5.21. The number of hydrogen-bond acceptors (Lipinski definition) is 0. The van der Waals surface area contributed by atoms with Crippen LogP contribution in [0.15, 0.2) is 10.1 Å². The van der Waals surface area contributed by atoms with Crippen molar-refractivity contribution >= 4 is 92.8 Å². The topological polar surface area (TPSA) is 0 Å². The van der Waals surface area contributed by atoms with Gasteiger partial charge in [0.1, 0.15) is 9.75 Å². The van der Waals surface area contributed by atoms with Crippen LogP contribution in [-0.2, 0) is 0 Å². The molecule has 0 aliphatic heterocycles. The summed E-state index contributed by atoms with van der Waals surface area (Å²) >= 11 is 51.0. The van der Waals surface area contributed by atoms with Crippen LogP contribution in [0.25, 0.3) is 0 Å². The Kier molecular flexibility index (Phi) is 3.39. The average Bonchev–Trinajstić information content (AvgIpc) is 2.69. The van der Waals surface area contributed by atoms with E-state index in [0.717, 1.165) is 0 Å². The summed E-state index contributed by atoms with van der Waals surface area (Å²) in [6, 6.07) is 0. The Labute approximate surface area is 145 Å². The Morgan fingerprint density at radius 3 is 1.94 bits per heavy atom. The smallest absolute Gasteiger partial charge is 0.121 e. The molecule has 8 heteroatoms. The molecule has 3 aliphatic rings. The molecule has 18 heavy (non-hydrogen) atoms. The van der Waals surface area contributed by atoms with E-state index in [9.17, 15) is 0 Å². The first-order valence-corrected chi connectivity index (χ1v) is 8.35. The summed E-state index contributed by atoms with van der Waals surface area (Å²) in [6.45, 7) is 0. The Bertz CT molecular complexity index is 459. The Hall–Kier alpha value is 2.06. The normalized spacial score (nSPS) is 57.3. The first kappa shape index (κ1) is 15.0. The van der Waals surface area contributed by atoms with Crippen molar-refractivity contribution in [3.05, 3.63) is 10.1 Å². The third-order valence-electron chi connectivity index (χ3n) is 4.32. The fourth-order valence-corrected chi connectivity index (χ4v) is 7.46. The van der Waals surface area contributed by atoms with Crippen molar-refractivity contribution in [2.75, 3.05) is 0 Å². The number of hydrogen-bond donors (Lipinski definition) is 0. The highest BCUT2D eigenvalue weighted by Gasteiger charge is 2.84. The maximum absolute atomic E-state index is 6.62. The third-order valence-corrected chi connectivity index (χ3v) is 9.79. The molecule has 0 spiro atoms. The monoisotopic (exact) mass is 406 g/mol.